The largest absolute Gasteiger partial charge is 0.367 e. The van der Waals surface area contributed by atoms with Crippen molar-refractivity contribution in [2.45, 2.75) is 31.8 Å². The second-order valence-electron chi connectivity index (χ2n) is 7.13. The normalized spacial score (nSPS) is 21.9. The van der Waals surface area contributed by atoms with E-state index in [4.69, 9.17) is 0 Å². The molecule has 27 heavy (non-hydrogen) atoms. The van der Waals surface area contributed by atoms with E-state index < -0.39 is 16.1 Å². The predicted molar refractivity (Wildman–Crippen MR) is 103 cm³/mol. The van der Waals surface area contributed by atoms with Crippen LogP contribution in [0.2, 0.25) is 0 Å². The highest BCUT2D eigenvalue weighted by atomic mass is 32.2. The summed E-state index contributed by atoms with van der Waals surface area (Å²) < 4.78 is 39.5. The van der Waals surface area contributed by atoms with Crippen LogP contribution in [-0.4, -0.2) is 63.7 Å². The third kappa shape index (κ3) is 4.97. The summed E-state index contributed by atoms with van der Waals surface area (Å²) in [5.74, 6) is -0.634. The standard InChI is InChI=1S/C18H27FN4O3S/c1-27(25,26)23-9-3-2-4-17(23)18(24)21-13-14-5-6-16(15(19)12-14)22-10-7-20-8-11-22/h5-6,12,17,20H,2-4,7-11,13H2,1H3,(H,21,24). The van der Waals surface area contributed by atoms with Gasteiger partial charge in [0.2, 0.25) is 15.9 Å². The second kappa shape index (κ2) is 8.53. The van der Waals surface area contributed by atoms with Crippen LogP contribution in [0.3, 0.4) is 0 Å². The molecule has 150 valence electrons. The number of benzene rings is 1. The lowest BCUT2D eigenvalue weighted by Gasteiger charge is -2.32. The molecule has 2 heterocycles. The molecule has 2 aliphatic heterocycles. The number of sulfonamides is 1. The quantitative estimate of drug-likeness (QED) is 0.762. The summed E-state index contributed by atoms with van der Waals surface area (Å²) in [6.07, 6.45) is 3.21. The molecule has 0 saturated carbocycles. The molecule has 0 aliphatic carbocycles. The molecule has 1 aromatic carbocycles. The topological polar surface area (TPSA) is 81.8 Å². The number of piperazine rings is 1. The first kappa shape index (κ1) is 20.0. The van der Waals surface area contributed by atoms with Crippen LogP contribution in [0.25, 0.3) is 0 Å². The summed E-state index contributed by atoms with van der Waals surface area (Å²) in [4.78, 5) is 14.5. The Labute approximate surface area is 160 Å². The maximum Gasteiger partial charge on any atom is 0.238 e. The fraction of sp³-hybridized carbons (Fsp3) is 0.611. The fourth-order valence-corrected chi connectivity index (χ4v) is 4.82. The Bertz CT molecular complexity index is 781. The molecule has 2 saturated heterocycles. The Morgan fingerprint density at radius 1 is 1.26 bits per heavy atom. The highest BCUT2D eigenvalue weighted by Gasteiger charge is 2.34. The van der Waals surface area contributed by atoms with Crippen molar-refractivity contribution in [3.63, 3.8) is 0 Å². The van der Waals surface area contributed by atoms with Crippen LogP contribution >= 0.6 is 0 Å². The second-order valence-corrected chi connectivity index (χ2v) is 9.06. The van der Waals surface area contributed by atoms with Gasteiger partial charge in [0.25, 0.3) is 0 Å². The van der Waals surface area contributed by atoms with E-state index in [0.29, 0.717) is 24.2 Å². The molecule has 1 atom stereocenters. The number of anilines is 1. The van der Waals surface area contributed by atoms with Gasteiger partial charge >= 0.3 is 0 Å². The maximum absolute atomic E-state index is 14.5. The summed E-state index contributed by atoms with van der Waals surface area (Å²) in [5, 5.41) is 6.00. The monoisotopic (exact) mass is 398 g/mol. The molecule has 0 radical (unpaired) electrons. The van der Waals surface area contributed by atoms with Gasteiger partial charge < -0.3 is 15.5 Å². The van der Waals surface area contributed by atoms with Crippen LogP contribution in [0.4, 0.5) is 10.1 Å². The van der Waals surface area contributed by atoms with Gasteiger partial charge in [-0.15, -0.1) is 0 Å². The van der Waals surface area contributed by atoms with E-state index in [9.17, 15) is 17.6 Å². The number of amides is 1. The summed E-state index contributed by atoms with van der Waals surface area (Å²) in [6.45, 7) is 3.72. The molecule has 2 aliphatic rings. The van der Waals surface area contributed by atoms with E-state index in [2.05, 4.69) is 10.6 Å². The smallest absolute Gasteiger partial charge is 0.238 e. The Morgan fingerprint density at radius 3 is 2.67 bits per heavy atom. The summed E-state index contributed by atoms with van der Waals surface area (Å²) >= 11 is 0. The van der Waals surface area contributed by atoms with Crippen molar-refractivity contribution in [2.24, 2.45) is 0 Å². The van der Waals surface area contributed by atoms with Crippen LogP contribution in [0.15, 0.2) is 18.2 Å². The lowest BCUT2D eigenvalue weighted by atomic mass is 10.0. The average molecular weight is 399 g/mol. The van der Waals surface area contributed by atoms with Crippen molar-refractivity contribution in [1.82, 2.24) is 14.9 Å². The van der Waals surface area contributed by atoms with E-state index in [-0.39, 0.29) is 18.3 Å². The van der Waals surface area contributed by atoms with Gasteiger partial charge in [0.05, 0.1) is 11.9 Å². The highest BCUT2D eigenvalue weighted by Crippen LogP contribution is 2.22. The van der Waals surface area contributed by atoms with Crippen LogP contribution in [0, 0.1) is 5.82 Å². The van der Waals surface area contributed by atoms with Gasteiger partial charge in [0.1, 0.15) is 11.9 Å². The van der Waals surface area contributed by atoms with Crippen LogP contribution in [-0.2, 0) is 21.4 Å². The molecule has 0 spiro atoms. The van der Waals surface area contributed by atoms with Gasteiger partial charge in [-0.1, -0.05) is 12.5 Å². The summed E-state index contributed by atoms with van der Waals surface area (Å²) in [7, 11) is -3.43. The Balaban J connectivity index is 1.62. The van der Waals surface area contributed by atoms with E-state index >= 15 is 0 Å². The number of carbonyl (C=O) groups is 1. The fourth-order valence-electron chi connectivity index (χ4n) is 3.69. The number of nitrogens with one attached hydrogen (secondary N) is 2. The van der Waals surface area contributed by atoms with Gasteiger partial charge in [0.15, 0.2) is 0 Å². The summed E-state index contributed by atoms with van der Waals surface area (Å²) in [6, 6.07) is 4.30. The van der Waals surface area contributed by atoms with Crippen molar-refractivity contribution in [1.29, 1.82) is 0 Å². The highest BCUT2D eigenvalue weighted by molar-refractivity contribution is 7.88. The average Bonchev–Trinajstić information content (AvgIpc) is 2.66. The number of nitrogens with zero attached hydrogens (tertiary/aromatic N) is 2. The predicted octanol–water partition coefficient (Wildman–Crippen LogP) is 0.666. The maximum atomic E-state index is 14.5. The molecule has 7 nitrogen and oxygen atoms in total. The van der Waals surface area contributed by atoms with Gasteiger partial charge in [-0.2, -0.15) is 4.31 Å². The zero-order chi connectivity index (χ0) is 19.4. The van der Waals surface area contributed by atoms with Crippen molar-refractivity contribution < 1.29 is 17.6 Å². The first-order valence-electron chi connectivity index (χ1n) is 9.35. The molecule has 0 bridgehead atoms. The Hall–Kier alpha value is -1.71. The zero-order valence-electron chi connectivity index (χ0n) is 15.6. The van der Waals surface area contributed by atoms with E-state index in [1.54, 1.807) is 12.1 Å². The van der Waals surface area contributed by atoms with E-state index in [1.165, 1.54) is 10.4 Å². The minimum Gasteiger partial charge on any atom is -0.367 e. The van der Waals surface area contributed by atoms with E-state index in [0.717, 1.165) is 45.3 Å². The van der Waals surface area contributed by atoms with Crippen molar-refractivity contribution >= 4 is 21.6 Å². The molecule has 2 fully saturated rings. The van der Waals surface area contributed by atoms with Crippen molar-refractivity contribution in [2.75, 3.05) is 43.9 Å². The van der Waals surface area contributed by atoms with Crippen LogP contribution < -0.4 is 15.5 Å². The van der Waals surface area contributed by atoms with Gasteiger partial charge in [-0.25, -0.2) is 12.8 Å². The molecular weight excluding hydrogens is 371 g/mol. The molecular formula is C18H27FN4O3S. The molecule has 1 amide bonds. The van der Waals surface area contributed by atoms with Crippen LogP contribution in [0.1, 0.15) is 24.8 Å². The number of carbonyl (C=O) groups excluding carboxylic acids is 1. The minimum absolute atomic E-state index is 0.172. The zero-order valence-corrected chi connectivity index (χ0v) is 16.4. The number of hydrogen-bond acceptors (Lipinski definition) is 5. The number of rotatable bonds is 5. The van der Waals surface area contributed by atoms with Gasteiger partial charge in [-0.05, 0) is 30.5 Å². The molecule has 1 aromatic rings. The summed E-state index contributed by atoms with van der Waals surface area (Å²) in [5.41, 5.74) is 1.23. The number of hydrogen-bond donors (Lipinski definition) is 2. The van der Waals surface area contributed by atoms with E-state index in [1.807, 2.05) is 4.90 Å². The molecule has 2 N–H and O–H groups in total. The first-order chi connectivity index (χ1) is 12.9. The third-order valence-electron chi connectivity index (χ3n) is 5.12. The van der Waals surface area contributed by atoms with Gasteiger partial charge in [-0.3, -0.25) is 4.79 Å². The van der Waals surface area contributed by atoms with Crippen LogP contribution in [0.5, 0.6) is 0 Å². The number of piperidine rings is 1. The Morgan fingerprint density at radius 2 is 2.00 bits per heavy atom. The number of halogens is 1. The minimum atomic E-state index is -3.43. The first-order valence-corrected chi connectivity index (χ1v) is 11.2. The lowest BCUT2D eigenvalue weighted by Crippen LogP contribution is -2.51. The molecule has 9 heteroatoms. The molecule has 0 aromatic heterocycles. The molecule has 1 unspecified atom stereocenters. The Kier molecular flexibility index (Phi) is 6.33. The van der Waals surface area contributed by atoms with Crippen molar-refractivity contribution in [3.8, 4) is 0 Å². The SMILES string of the molecule is CS(=O)(=O)N1CCCCC1C(=O)NCc1ccc(N2CCNCC2)c(F)c1. The third-order valence-corrected chi connectivity index (χ3v) is 6.41. The lowest BCUT2D eigenvalue weighted by molar-refractivity contribution is -0.125. The van der Waals surface area contributed by atoms with Crippen molar-refractivity contribution in [3.05, 3.63) is 29.6 Å². The van der Waals surface area contributed by atoms with Gasteiger partial charge in [0, 0.05) is 39.3 Å². The molecule has 3 rings (SSSR count).